The molecule has 0 aliphatic heterocycles. The Kier molecular flexibility index (Phi) is 8.36. The van der Waals surface area contributed by atoms with Crippen LogP contribution in [0.3, 0.4) is 0 Å². The number of nitrogens with one attached hydrogen (secondary N) is 1. The van der Waals surface area contributed by atoms with Crippen molar-refractivity contribution in [1.82, 2.24) is 10.3 Å². The largest absolute Gasteiger partial charge is 0.480 e. The number of aliphatic carboxylic acids is 1. The molecule has 116 valence electrons. The van der Waals surface area contributed by atoms with Crippen molar-refractivity contribution in [3.8, 4) is 0 Å². The number of carbonyl (C=O) groups excluding carboxylic acids is 2. The molecule has 0 spiro atoms. The van der Waals surface area contributed by atoms with Crippen LogP contribution in [0.4, 0.5) is 0 Å². The van der Waals surface area contributed by atoms with Gasteiger partial charge in [0.15, 0.2) is 0 Å². The number of hydrogen-bond donors (Lipinski definition) is 3. The van der Waals surface area contributed by atoms with Crippen molar-refractivity contribution in [1.29, 1.82) is 0 Å². The Hall–Kier alpha value is -2.44. The van der Waals surface area contributed by atoms with Gasteiger partial charge < -0.3 is 16.2 Å². The van der Waals surface area contributed by atoms with E-state index in [4.69, 9.17) is 10.8 Å². The summed E-state index contributed by atoms with van der Waals surface area (Å²) in [7, 11) is 0. The van der Waals surface area contributed by atoms with Crippen LogP contribution in [0.1, 0.15) is 37.6 Å². The predicted octanol–water partition coefficient (Wildman–Crippen LogP) is 0.802. The summed E-state index contributed by atoms with van der Waals surface area (Å²) >= 11 is 0. The average Bonchev–Trinajstić information content (AvgIpc) is 2.38. The van der Waals surface area contributed by atoms with Crippen LogP contribution < -0.4 is 11.1 Å². The highest BCUT2D eigenvalue weighted by Gasteiger charge is 2.18. The van der Waals surface area contributed by atoms with Crippen molar-refractivity contribution in [3.63, 3.8) is 0 Å². The second-order valence-electron chi connectivity index (χ2n) is 4.83. The zero-order valence-electron chi connectivity index (χ0n) is 12.4. The molecule has 0 unspecified atom stereocenters. The smallest absolute Gasteiger partial charge is 0.326 e. The quantitative estimate of drug-likeness (QED) is 0.741. The SMILES string of the molecule is CC(=O)N[C@@H](CC(C)C)C(=O)O.NC(=O)c1cccnc1. The maximum Gasteiger partial charge on any atom is 0.326 e. The van der Waals surface area contributed by atoms with Gasteiger partial charge in [-0.2, -0.15) is 0 Å². The Labute approximate surface area is 123 Å². The Morgan fingerprint density at radius 1 is 1.38 bits per heavy atom. The van der Waals surface area contributed by atoms with Crippen molar-refractivity contribution >= 4 is 17.8 Å². The number of pyridine rings is 1. The molecule has 1 heterocycles. The minimum atomic E-state index is -0.973. The Balaban J connectivity index is 0.000000394. The molecule has 0 fully saturated rings. The lowest BCUT2D eigenvalue weighted by Crippen LogP contribution is -2.40. The van der Waals surface area contributed by atoms with Gasteiger partial charge in [0.25, 0.3) is 0 Å². The molecule has 7 heteroatoms. The molecule has 0 saturated carbocycles. The van der Waals surface area contributed by atoms with Crippen molar-refractivity contribution in [3.05, 3.63) is 30.1 Å². The highest BCUT2D eigenvalue weighted by Crippen LogP contribution is 2.04. The van der Waals surface area contributed by atoms with Crippen molar-refractivity contribution < 1.29 is 19.5 Å². The highest BCUT2D eigenvalue weighted by molar-refractivity contribution is 5.92. The van der Waals surface area contributed by atoms with Crippen LogP contribution in [-0.4, -0.2) is 33.9 Å². The van der Waals surface area contributed by atoms with Crippen LogP contribution in [0.25, 0.3) is 0 Å². The number of amides is 2. The lowest BCUT2D eigenvalue weighted by molar-refractivity contribution is -0.142. The Morgan fingerprint density at radius 3 is 2.29 bits per heavy atom. The fraction of sp³-hybridized carbons (Fsp3) is 0.429. The highest BCUT2D eigenvalue weighted by atomic mass is 16.4. The minimum Gasteiger partial charge on any atom is -0.480 e. The predicted molar refractivity (Wildman–Crippen MR) is 77.5 cm³/mol. The van der Waals surface area contributed by atoms with Crippen molar-refractivity contribution in [2.45, 2.75) is 33.2 Å². The number of hydrogen-bond acceptors (Lipinski definition) is 4. The van der Waals surface area contributed by atoms with E-state index < -0.39 is 17.9 Å². The molecule has 1 aromatic heterocycles. The van der Waals surface area contributed by atoms with E-state index in [9.17, 15) is 14.4 Å². The molecule has 1 rings (SSSR count). The number of rotatable bonds is 5. The van der Waals surface area contributed by atoms with Gasteiger partial charge in [0.05, 0.1) is 5.56 Å². The summed E-state index contributed by atoms with van der Waals surface area (Å²) in [6.45, 7) is 5.14. The Bertz CT molecular complexity index is 474. The first-order chi connectivity index (χ1) is 9.73. The average molecular weight is 295 g/mol. The third-order valence-electron chi connectivity index (χ3n) is 2.33. The van der Waals surface area contributed by atoms with Crippen LogP contribution in [0, 0.1) is 5.92 Å². The third-order valence-corrected chi connectivity index (χ3v) is 2.33. The monoisotopic (exact) mass is 295 g/mol. The third kappa shape index (κ3) is 9.15. The van der Waals surface area contributed by atoms with E-state index in [0.717, 1.165) is 0 Å². The van der Waals surface area contributed by atoms with Gasteiger partial charge in [-0.1, -0.05) is 13.8 Å². The first kappa shape index (κ1) is 18.6. The second-order valence-corrected chi connectivity index (χ2v) is 4.83. The summed E-state index contributed by atoms with van der Waals surface area (Å²) in [6, 6.07) is 2.54. The fourth-order valence-corrected chi connectivity index (χ4v) is 1.45. The first-order valence-corrected chi connectivity index (χ1v) is 6.43. The molecule has 1 atom stereocenters. The van der Waals surface area contributed by atoms with Gasteiger partial charge >= 0.3 is 5.97 Å². The van der Waals surface area contributed by atoms with Gasteiger partial charge in [-0.25, -0.2) is 4.79 Å². The lowest BCUT2D eigenvalue weighted by Gasteiger charge is -2.14. The molecule has 21 heavy (non-hydrogen) atoms. The van der Waals surface area contributed by atoms with Gasteiger partial charge in [-0.3, -0.25) is 14.6 Å². The molecule has 0 saturated heterocycles. The van der Waals surface area contributed by atoms with Crippen LogP contribution >= 0.6 is 0 Å². The maximum absolute atomic E-state index is 10.6. The zero-order chi connectivity index (χ0) is 16.4. The van der Waals surface area contributed by atoms with E-state index in [1.54, 1.807) is 18.3 Å². The van der Waals surface area contributed by atoms with Crippen molar-refractivity contribution in [2.24, 2.45) is 11.7 Å². The van der Waals surface area contributed by atoms with E-state index in [1.807, 2.05) is 13.8 Å². The summed E-state index contributed by atoms with van der Waals surface area (Å²) < 4.78 is 0. The summed E-state index contributed by atoms with van der Waals surface area (Å²) in [6.07, 6.45) is 3.49. The summed E-state index contributed by atoms with van der Waals surface area (Å²) in [5, 5.41) is 11.0. The van der Waals surface area contributed by atoms with Gasteiger partial charge in [0, 0.05) is 19.3 Å². The van der Waals surface area contributed by atoms with E-state index in [-0.39, 0.29) is 11.8 Å². The van der Waals surface area contributed by atoms with E-state index >= 15 is 0 Å². The number of nitrogens with two attached hydrogens (primary N) is 1. The van der Waals surface area contributed by atoms with Gasteiger partial charge in [0.1, 0.15) is 6.04 Å². The molecular formula is C14H21N3O4. The molecule has 0 radical (unpaired) electrons. The molecule has 0 aliphatic rings. The fourth-order valence-electron chi connectivity index (χ4n) is 1.45. The topological polar surface area (TPSA) is 122 Å². The number of primary amides is 1. The molecule has 2 amide bonds. The van der Waals surface area contributed by atoms with Crippen LogP contribution in [0.15, 0.2) is 24.5 Å². The van der Waals surface area contributed by atoms with Gasteiger partial charge in [0.2, 0.25) is 11.8 Å². The molecule has 0 aliphatic carbocycles. The Morgan fingerprint density at radius 2 is 2.00 bits per heavy atom. The van der Waals surface area contributed by atoms with E-state index in [1.165, 1.54) is 13.1 Å². The maximum atomic E-state index is 10.6. The van der Waals surface area contributed by atoms with Gasteiger partial charge in [-0.15, -0.1) is 0 Å². The lowest BCUT2D eigenvalue weighted by atomic mass is 10.0. The number of carboxylic acids is 1. The van der Waals surface area contributed by atoms with Crippen LogP contribution in [0.5, 0.6) is 0 Å². The minimum absolute atomic E-state index is 0.262. The second kappa shape index (κ2) is 9.46. The van der Waals surface area contributed by atoms with Gasteiger partial charge in [-0.05, 0) is 24.5 Å². The van der Waals surface area contributed by atoms with Crippen LogP contribution in [-0.2, 0) is 9.59 Å². The molecule has 4 N–H and O–H groups in total. The van der Waals surface area contributed by atoms with Crippen molar-refractivity contribution in [2.75, 3.05) is 0 Å². The zero-order valence-corrected chi connectivity index (χ0v) is 12.4. The normalized spacial score (nSPS) is 11.0. The summed E-state index contributed by atoms with van der Waals surface area (Å²) in [5.74, 6) is -1.46. The summed E-state index contributed by atoms with van der Waals surface area (Å²) in [5.41, 5.74) is 5.38. The molecule has 0 bridgehead atoms. The number of aromatic nitrogens is 1. The number of carbonyl (C=O) groups is 3. The molecule has 7 nitrogen and oxygen atoms in total. The molecule has 1 aromatic rings. The first-order valence-electron chi connectivity index (χ1n) is 6.43. The van der Waals surface area contributed by atoms with E-state index in [2.05, 4.69) is 10.3 Å². The van der Waals surface area contributed by atoms with E-state index in [0.29, 0.717) is 12.0 Å². The molecule has 0 aromatic carbocycles. The number of carboxylic acid groups (broad SMARTS) is 1. The summed E-state index contributed by atoms with van der Waals surface area (Å²) in [4.78, 5) is 35.2. The standard InChI is InChI=1S/C8H15NO3.C6H6N2O/c1-5(2)4-7(8(11)12)9-6(3)10;7-6(9)5-2-1-3-8-4-5/h5,7H,4H2,1-3H3,(H,9,10)(H,11,12);1-4H,(H2,7,9)/t7-;/m0./s1. The number of nitrogens with zero attached hydrogens (tertiary/aromatic N) is 1. The molecular weight excluding hydrogens is 274 g/mol. The van der Waals surface area contributed by atoms with Crippen LogP contribution in [0.2, 0.25) is 0 Å².